The van der Waals surface area contributed by atoms with E-state index in [9.17, 15) is 19.1 Å². The molecule has 9 heteroatoms. The molecule has 3 aromatic rings. The van der Waals surface area contributed by atoms with Crippen LogP contribution in [0.1, 0.15) is 39.8 Å². The van der Waals surface area contributed by atoms with Crippen LogP contribution < -0.4 is 19.5 Å². The highest BCUT2D eigenvalue weighted by Crippen LogP contribution is 2.48. The average Bonchev–Trinajstić information content (AvgIpc) is 3.50. The first kappa shape index (κ1) is 26.5. The number of nitrogens with zero attached hydrogens (tertiary/aromatic N) is 1. The van der Waals surface area contributed by atoms with Crippen molar-refractivity contribution < 1.29 is 33.3 Å². The molecule has 8 nitrogen and oxygen atoms in total. The Hall–Kier alpha value is -4.11. The third kappa shape index (κ3) is 5.14. The van der Waals surface area contributed by atoms with Gasteiger partial charge in [-0.15, -0.1) is 0 Å². The standard InChI is InChI=1S/C30H31FN2O6/c1-16-9-17(2)28(18(3)10-16)32-26(34)14-33-13-21(19-5-8-24-25(12-19)39-15-38-24)27(30(35)36)29(33)20-6-7-23(37-4)22(31)11-20/h5-12,21,27,29H,13-15H2,1-4H3,(H,32,34)(H,35,36). The minimum atomic E-state index is -1.04. The molecule has 0 radical (unpaired) electrons. The summed E-state index contributed by atoms with van der Waals surface area (Å²) in [5.41, 5.74) is 4.92. The zero-order valence-corrected chi connectivity index (χ0v) is 22.3. The highest BCUT2D eigenvalue weighted by molar-refractivity contribution is 5.94. The van der Waals surface area contributed by atoms with E-state index < -0.39 is 29.7 Å². The zero-order valence-electron chi connectivity index (χ0n) is 22.3. The second kappa shape index (κ2) is 10.6. The van der Waals surface area contributed by atoms with Crippen LogP contribution in [-0.2, 0) is 9.59 Å². The number of carbonyl (C=O) groups excluding carboxylic acids is 1. The normalized spacial score (nSPS) is 20.2. The molecule has 1 amide bonds. The van der Waals surface area contributed by atoms with Crippen LogP contribution in [0, 0.1) is 32.5 Å². The van der Waals surface area contributed by atoms with E-state index in [4.69, 9.17) is 14.2 Å². The SMILES string of the molecule is COc1ccc(C2C(C(=O)O)C(c3ccc4c(c3)OCO4)CN2CC(=O)Nc2c(C)cc(C)cc2C)cc1F. The molecule has 0 aliphatic carbocycles. The third-order valence-electron chi connectivity index (χ3n) is 7.51. The van der Waals surface area contributed by atoms with Crippen molar-refractivity contribution in [2.75, 3.05) is 32.3 Å². The molecule has 0 saturated carbocycles. The molecule has 2 aliphatic heterocycles. The maximum Gasteiger partial charge on any atom is 0.309 e. The molecule has 0 spiro atoms. The lowest BCUT2D eigenvalue weighted by molar-refractivity contribution is -0.143. The van der Waals surface area contributed by atoms with E-state index in [0.29, 0.717) is 17.1 Å². The molecule has 2 N–H and O–H groups in total. The van der Waals surface area contributed by atoms with Crippen molar-refractivity contribution in [2.24, 2.45) is 5.92 Å². The number of amides is 1. The Morgan fingerprint density at radius 3 is 2.38 bits per heavy atom. The summed E-state index contributed by atoms with van der Waals surface area (Å²) in [7, 11) is 1.37. The van der Waals surface area contributed by atoms with Gasteiger partial charge in [0.1, 0.15) is 0 Å². The second-order valence-electron chi connectivity index (χ2n) is 10.2. The van der Waals surface area contributed by atoms with Crippen molar-refractivity contribution in [3.63, 3.8) is 0 Å². The van der Waals surface area contributed by atoms with Gasteiger partial charge < -0.3 is 24.6 Å². The molecule has 204 valence electrons. The number of carbonyl (C=O) groups is 2. The number of hydrogen-bond donors (Lipinski definition) is 2. The number of fused-ring (bicyclic) bond motifs is 1. The average molecular weight is 535 g/mol. The van der Waals surface area contributed by atoms with E-state index in [0.717, 1.165) is 27.9 Å². The number of carboxylic acids is 1. The molecular weight excluding hydrogens is 503 g/mol. The topological polar surface area (TPSA) is 97.3 Å². The Labute approximate surface area is 226 Å². The van der Waals surface area contributed by atoms with Crippen LogP contribution in [-0.4, -0.2) is 48.9 Å². The molecule has 3 unspecified atom stereocenters. The fourth-order valence-electron chi connectivity index (χ4n) is 5.88. The Morgan fingerprint density at radius 2 is 1.72 bits per heavy atom. The molecule has 2 aliphatic rings. The number of halogens is 1. The van der Waals surface area contributed by atoms with Crippen LogP contribution in [0.4, 0.5) is 10.1 Å². The molecule has 3 aromatic carbocycles. The lowest BCUT2D eigenvalue weighted by Crippen LogP contribution is -2.35. The molecule has 39 heavy (non-hydrogen) atoms. The van der Waals surface area contributed by atoms with Crippen molar-refractivity contribution in [3.05, 3.63) is 82.2 Å². The summed E-state index contributed by atoms with van der Waals surface area (Å²) in [4.78, 5) is 27.9. The number of benzene rings is 3. The summed E-state index contributed by atoms with van der Waals surface area (Å²) in [6.45, 7) is 6.17. The molecule has 1 fully saturated rings. The van der Waals surface area contributed by atoms with Crippen molar-refractivity contribution in [1.82, 2.24) is 4.90 Å². The van der Waals surface area contributed by atoms with Gasteiger partial charge >= 0.3 is 5.97 Å². The fraction of sp³-hybridized carbons (Fsp3) is 0.333. The summed E-state index contributed by atoms with van der Waals surface area (Å²) >= 11 is 0. The summed E-state index contributed by atoms with van der Waals surface area (Å²) in [6, 6.07) is 13.0. The molecule has 0 aromatic heterocycles. The lowest BCUT2D eigenvalue weighted by atomic mass is 9.82. The zero-order chi connectivity index (χ0) is 27.8. The van der Waals surface area contributed by atoms with Crippen LogP contribution in [0.15, 0.2) is 48.5 Å². The number of aryl methyl sites for hydroxylation is 3. The fourth-order valence-corrected chi connectivity index (χ4v) is 5.88. The Balaban J connectivity index is 1.51. The van der Waals surface area contributed by atoms with Crippen LogP contribution in [0.3, 0.4) is 0 Å². The van der Waals surface area contributed by atoms with E-state index in [2.05, 4.69) is 5.32 Å². The predicted octanol–water partition coefficient (Wildman–Crippen LogP) is 4.97. The number of methoxy groups -OCH3 is 1. The van der Waals surface area contributed by atoms with Gasteiger partial charge in [-0.05, 0) is 67.3 Å². The number of nitrogens with one attached hydrogen (secondary N) is 1. The number of rotatable bonds is 7. The van der Waals surface area contributed by atoms with Crippen LogP contribution >= 0.6 is 0 Å². The number of likely N-dealkylation sites (tertiary alicyclic amines) is 1. The van der Waals surface area contributed by atoms with Gasteiger partial charge in [0, 0.05) is 24.2 Å². The van der Waals surface area contributed by atoms with E-state index in [1.807, 2.05) is 43.9 Å². The monoisotopic (exact) mass is 534 g/mol. The second-order valence-corrected chi connectivity index (χ2v) is 10.2. The highest BCUT2D eigenvalue weighted by Gasteiger charge is 2.48. The maximum atomic E-state index is 14.8. The van der Waals surface area contributed by atoms with Gasteiger partial charge in [-0.3, -0.25) is 14.5 Å². The largest absolute Gasteiger partial charge is 0.494 e. The van der Waals surface area contributed by atoms with Crippen LogP contribution in [0.2, 0.25) is 0 Å². The van der Waals surface area contributed by atoms with Gasteiger partial charge in [0.05, 0.1) is 19.6 Å². The summed E-state index contributed by atoms with van der Waals surface area (Å²) < 4.78 is 30.8. The van der Waals surface area contributed by atoms with Crippen molar-refractivity contribution in [1.29, 1.82) is 0 Å². The molecule has 1 saturated heterocycles. The third-order valence-corrected chi connectivity index (χ3v) is 7.51. The van der Waals surface area contributed by atoms with Gasteiger partial charge in [-0.2, -0.15) is 0 Å². The number of carboxylic acid groups (broad SMARTS) is 1. The molecule has 3 atom stereocenters. The molecular formula is C30H31FN2O6. The number of anilines is 1. The van der Waals surface area contributed by atoms with Crippen molar-refractivity contribution >= 4 is 17.6 Å². The molecule has 5 rings (SSSR count). The van der Waals surface area contributed by atoms with Crippen LogP contribution in [0.25, 0.3) is 0 Å². The van der Waals surface area contributed by atoms with Gasteiger partial charge in [0.15, 0.2) is 23.1 Å². The minimum absolute atomic E-state index is 0.0607. The van der Waals surface area contributed by atoms with Gasteiger partial charge in [-0.1, -0.05) is 29.8 Å². The highest BCUT2D eigenvalue weighted by atomic mass is 19.1. The van der Waals surface area contributed by atoms with E-state index in [-0.39, 0.29) is 31.5 Å². The Kier molecular flexibility index (Phi) is 7.18. The first-order valence-corrected chi connectivity index (χ1v) is 12.7. The first-order chi connectivity index (χ1) is 18.7. The molecule has 0 bridgehead atoms. The maximum absolute atomic E-state index is 14.8. The Bertz CT molecular complexity index is 1420. The minimum Gasteiger partial charge on any atom is -0.494 e. The number of hydrogen-bond acceptors (Lipinski definition) is 6. The Morgan fingerprint density at radius 1 is 1.03 bits per heavy atom. The predicted molar refractivity (Wildman–Crippen MR) is 143 cm³/mol. The quantitative estimate of drug-likeness (QED) is 0.442. The van der Waals surface area contributed by atoms with E-state index in [1.54, 1.807) is 18.2 Å². The van der Waals surface area contributed by atoms with E-state index >= 15 is 0 Å². The molecule has 2 heterocycles. The van der Waals surface area contributed by atoms with Gasteiger partial charge in [0.25, 0.3) is 0 Å². The first-order valence-electron chi connectivity index (χ1n) is 12.7. The summed E-state index contributed by atoms with van der Waals surface area (Å²) in [5.74, 6) is -2.14. The number of aliphatic carboxylic acids is 1. The van der Waals surface area contributed by atoms with Gasteiger partial charge in [0.2, 0.25) is 12.7 Å². The smallest absolute Gasteiger partial charge is 0.309 e. The lowest BCUT2D eigenvalue weighted by Gasteiger charge is -2.27. The number of ether oxygens (including phenoxy) is 3. The van der Waals surface area contributed by atoms with Gasteiger partial charge in [-0.25, -0.2) is 4.39 Å². The van der Waals surface area contributed by atoms with Crippen LogP contribution in [0.5, 0.6) is 17.2 Å². The van der Waals surface area contributed by atoms with Crippen molar-refractivity contribution in [3.8, 4) is 17.2 Å². The van der Waals surface area contributed by atoms with E-state index in [1.165, 1.54) is 19.2 Å². The summed E-state index contributed by atoms with van der Waals surface area (Å²) in [5, 5.41) is 13.4. The van der Waals surface area contributed by atoms with Crippen molar-refractivity contribution in [2.45, 2.75) is 32.7 Å². The summed E-state index contributed by atoms with van der Waals surface area (Å²) in [6.07, 6.45) is 0.